The van der Waals surface area contributed by atoms with Crippen LogP contribution in [0.15, 0.2) is 48.5 Å². The Balaban J connectivity index is 1.37. The lowest BCUT2D eigenvalue weighted by molar-refractivity contribution is -0.137. The molecule has 176 valence electrons. The summed E-state index contributed by atoms with van der Waals surface area (Å²) in [7, 11) is 1.45. The second kappa shape index (κ2) is 8.85. The quantitative estimate of drug-likeness (QED) is 0.474. The van der Waals surface area contributed by atoms with Crippen molar-refractivity contribution in [3.63, 3.8) is 0 Å². The van der Waals surface area contributed by atoms with Crippen LogP contribution in [0.2, 0.25) is 0 Å². The van der Waals surface area contributed by atoms with Crippen molar-refractivity contribution in [3.05, 3.63) is 76.9 Å². The van der Waals surface area contributed by atoms with Crippen molar-refractivity contribution in [2.75, 3.05) is 13.7 Å². The molecule has 6 nitrogen and oxygen atoms in total. The predicted octanol–water partition coefficient (Wildman–Crippen LogP) is 5.78. The molecule has 1 heterocycles. The van der Waals surface area contributed by atoms with Crippen LogP contribution in [0.1, 0.15) is 41.6 Å². The zero-order chi connectivity index (χ0) is 23.8. The maximum absolute atomic E-state index is 14.8. The van der Waals surface area contributed by atoms with E-state index >= 15 is 0 Å². The van der Waals surface area contributed by atoms with Crippen LogP contribution in [0.5, 0.6) is 28.7 Å². The Kier molecular flexibility index (Phi) is 5.73. The van der Waals surface area contributed by atoms with Gasteiger partial charge >= 0.3 is 5.97 Å². The lowest BCUT2D eigenvalue weighted by atomic mass is 9.98. The van der Waals surface area contributed by atoms with Crippen molar-refractivity contribution in [1.82, 2.24) is 0 Å². The highest BCUT2D eigenvalue weighted by molar-refractivity contribution is 5.68. The molecule has 1 aliphatic heterocycles. The van der Waals surface area contributed by atoms with Gasteiger partial charge in [-0.3, -0.25) is 4.79 Å². The van der Waals surface area contributed by atoms with E-state index in [0.29, 0.717) is 53.6 Å². The van der Waals surface area contributed by atoms with Crippen LogP contribution in [-0.4, -0.2) is 24.8 Å². The maximum Gasteiger partial charge on any atom is 0.304 e. The number of halogens is 2. The monoisotopic (exact) mass is 468 g/mol. The van der Waals surface area contributed by atoms with Gasteiger partial charge in [-0.15, -0.1) is 0 Å². The number of rotatable bonds is 7. The molecule has 5 rings (SSSR count). The van der Waals surface area contributed by atoms with Crippen LogP contribution in [0, 0.1) is 11.6 Å². The number of carboxylic acids is 1. The third-order valence-electron chi connectivity index (χ3n) is 6.16. The van der Waals surface area contributed by atoms with Crippen molar-refractivity contribution in [2.24, 2.45) is 0 Å². The van der Waals surface area contributed by atoms with Crippen LogP contribution < -0.4 is 18.9 Å². The number of ether oxygens (including phenoxy) is 4. The number of benzene rings is 3. The van der Waals surface area contributed by atoms with Gasteiger partial charge in [0.2, 0.25) is 0 Å². The summed E-state index contributed by atoms with van der Waals surface area (Å²) in [5.74, 6) is -0.242. The molecule has 0 fully saturated rings. The molecule has 0 saturated carbocycles. The molecule has 1 aliphatic carbocycles. The highest BCUT2D eigenvalue weighted by Crippen LogP contribution is 2.44. The summed E-state index contributed by atoms with van der Waals surface area (Å²) in [5.41, 5.74) is 1.85. The molecular weight excluding hydrogens is 446 g/mol. The van der Waals surface area contributed by atoms with Crippen molar-refractivity contribution in [1.29, 1.82) is 0 Å². The van der Waals surface area contributed by atoms with Crippen LogP contribution >= 0.6 is 0 Å². The number of carbonyl (C=O) groups is 1. The van der Waals surface area contributed by atoms with Gasteiger partial charge in [-0.05, 0) is 43.2 Å². The first-order chi connectivity index (χ1) is 16.4. The highest BCUT2D eigenvalue weighted by Gasteiger charge is 2.32. The minimum Gasteiger partial charge on any atom is -0.497 e. The molecule has 0 aromatic heterocycles. The smallest absolute Gasteiger partial charge is 0.304 e. The summed E-state index contributed by atoms with van der Waals surface area (Å²) >= 11 is 0. The molecule has 3 aromatic carbocycles. The Morgan fingerprint density at radius 1 is 1.06 bits per heavy atom. The Morgan fingerprint density at radius 2 is 1.85 bits per heavy atom. The average molecular weight is 468 g/mol. The Morgan fingerprint density at radius 3 is 2.62 bits per heavy atom. The summed E-state index contributed by atoms with van der Waals surface area (Å²) in [5, 5.41) is 9.06. The van der Waals surface area contributed by atoms with E-state index in [1.807, 2.05) is 0 Å². The molecule has 0 spiro atoms. The van der Waals surface area contributed by atoms with Gasteiger partial charge in [0.05, 0.1) is 20.1 Å². The molecule has 0 unspecified atom stereocenters. The van der Waals surface area contributed by atoms with Gasteiger partial charge in [0.1, 0.15) is 34.9 Å². The Hall–Kier alpha value is -3.81. The van der Waals surface area contributed by atoms with E-state index in [1.54, 1.807) is 24.3 Å². The van der Waals surface area contributed by atoms with Crippen molar-refractivity contribution >= 4 is 5.97 Å². The SMILES string of the molecule is COc1ccc(Oc2ccc(F)c3c2CC[C@H]3Oc2ccc3c(c2)OC[C@H]3CC(=O)O)c(F)c1. The standard InChI is InChI=1S/C26H22F2O6/c1-31-15-3-7-22(20(28)11-15)34-21-9-6-19(27)26-18(21)5-8-23(26)33-16-2-4-17-14(10-25(29)30)13-32-24(17)12-16/h2-4,6-7,9,11-12,14,23H,5,8,10,13H2,1H3,(H,29,30)/t14-,23-/m1/s1. The first-order valence-electron chi connectivity index (χ1n) is 10.9. The lowest BCUT2D eigenvalue weighted by Crippen LogP contribution is -2.07. The summed E-state index contributed by atoms with van der Waals surface area (Å²) in [6.07, 6.45) is 0.476. The predicted molar refractivity (Wildman–Crippen MR) is 118 cm³/mol. The zero-order valence-corrected chi connectivity index (χ0v) is 18.3. The second-order valence-corrected chi connectivity index (χ2v) is 8.29. The van der Waals surface area contributed by atoms with Crippen molar-refractivity contribution in [3.8, 4) is 28.7 Å². The number of fused-ring (bicyclic) bond motifs is 2. The minimum atomic E-state index is -0.882. The van der Waals surface area contributed by atoms with E-state index in [9.17, 15) is 13.6 Å². The van der Waals surface area contributed by atoms with Crippen molar-refractivity contribution < 1.29 is 37.6 Å². The molecule has 2 aliphatic rings. The molecule has 0 amide bonds. The van der Waals surface area contributed by atoms with Gasteiger partial charge in [0.15, 0.2) is 11.6 Å². The summed E-state index contributed by atoms with van der Waals surface area (Å²) < 4.78 is 51.7. The van der Waals surface area contributed by atoms with E-state index in [-0.39, 0.29) is 18.1 Å². The fraction of sp³-hybridized carbons (Fsp3) is 0.269. The van der Waals surface area contributed by atoms with Crippen LogP contribution in [0.3, 0.4) is 0 Å². The van der Waals surface area contributed by atoms with Crippen molar-refractivity contribution in [2.45, 2.75) is 31.3 Å². The average Bonchev–Trinajstić information content (AvgIpc) is 3.41. The molecule has 3 aromatic rings. The molecule has 34 heavy (non-hydrogen) atoms. The summed E-state index contributed by atoms with van der Waals surface area (Å²) in [4.78, 5) is 11.0. The first kappa shape index (κ1) is 22.0. The molecular formula is C26H22F2O6. The third-order valence-corrected chi connectivity index (χ3v) is 6.16. The molecule has 0 bridgehead atoms. The topological polar surface area (TPSA) is 74.2 Å². The second-order valence-electron chi connectivity index (χ2n) is 8.29. The summed E-state index contributed by atoms with van der Waals surface area (Å²) in [6, 6.07) is 12.3. The van der Waals surface area contributed by atoms with E-state index in [4.69, 9.17) is 24.1 Å². The molecule has 0 radical (unpaired) electrons. The normalized spacial score (nSPS) is 18.1. The lowest BCUT2D eigenvalue weighted by Gasteiger charge is -2.17. The maximum atomic E-state index is 14.8. The number of aliphatic carboxylic acids is 1. The Labute approximate surface area is 194 Å². The van der Waals surface area contributed by atoms with E-state index in [2.05, 4.69) is 0 Å². The minimum absolute atomic E-state index is 0.00795. The van der Waals surface area contributed by atoms with Crippen LogP contribution in [-0.2, 0) is 11.2 Å². The zero-order valence-electron chi connectivity index (χ0n) is 18.3. The Bertz CT molecular complexity index is 1260. The highest BCUT2D eigenvalue weighted by atomic mass is 19.1. The largest absolute Gasteiger partial charge is 0.497 e. The first-order valence-corrected chi connectivity index (χ1v) is 10.9. The summed E-state index contributed by atoms with van der Waals surface area (Å²) in [6.45, 7) is 0.300. The van der Waals surface area contributed by atoms with E-state index in [0.717, 1.165) is 5.56 Å². The third kappa shape index (κ3) is 4.11. The molecule has 8 heteroatoms. The van der Waals surface area contributed by atoms with Gasteiger partial charge in [-0.2, -0.15) is 0 Å². The molecule has 0 saturated heterocycles. The van der Waals surface area contributed by atoms with E-state index in [1.165, 1.54) is 31.4 Å². The fourth-order valence-electron chi connectivity index (χ4n) is 4.54. The van der Waals surface area contributed by atoms with Crippen LogP contribution in [0.25, 0.3) is 0 Å². The van der Waals surface area contributed by atoms with Crippen LogP contribution in [0.4, 0.5) is 8.78 Å². The number of hydrogen-bond acceptors (Lipinski definition) is 5. The van der Waals surface area contributed by atoms with Gasteiger partial charge in [-0.25, -0.2) is 8.78 Å². The number of methoxy groups -OCH3 is 1. The van der Waals surface area contributed by atoms with Gasteiger partial charge in [-0.1, -0.05) is 6.07 Å². The molecule has 1 N–H and O–H groups in total. The van der Waals surface area contributed by atoms with E-state index < -0.39 is 23.7 Å². The fourth-order valence-corrected chi connectivity index (χ4v) is 4.54. The van der Waals surface area contributed by atoms with Gasteiger partial charge < -0.3 is 24.1 Å². The molecule has 2 atom stereocenters. The number of carboxylic acid groups (broad SMARTS) is 1. The number of hydrogen-bond donors (Lipinski definition) is 1. The van der Waals surface area contributed by atoms with Gasteiger partial charge in [0.25, 0.3) is 0 Å². The van der Waals surface area contributed by atoms with Gasteiger partial charge in [0, 0.05) is 34.7 Å².